The molecular weight excluding hydrogens is 1050 g/mol. The normalized spacial score (nSPS) is 14.3. The van der Waals surface area contributed by atoms with Gasteiger partial charge in [-0.3, -0.25) is 67.5 Å². The van der Waals surface area contributed by atoms with E-state index in [0.717, 1.165) is 0 Å². The van der Waals surface area contributed by atoms with Crippen molar-refractivity contribution in [3.63, 3.8) is 0 Å². The van der Waals surface area contributed by atoms with Gasteiger partial charge in [-0.15, -0.1) is 0 Å². The lowest BCUT2D eigenvalue weighted by atomic mass is 10.0. The first-order chi connectivity index (χ1) is 36.8. The Labute approximate surface area is 453 Å². The number of amides is 8. The van der Waals surface area contributed by atoms with E-state index in [1.807, 2.05) is 0 Å². The molecule has 34 heteroatoms. The van der Waals surface area contributed by atoms with Gasteiger partial charge in [0.1, 0.15) is 48.3 Å². The molecule has 0 unspecified atom stereocenters. The molecule has 0 fully saturated rings. The highest BCUT2D eigenvalue weighted by atomic mass is 16.4. The highest BCUT2D eigenvalue weighted by Crippen LogP contribution is 2.11. The lowest BCUT2D eigenvalue weighted by Crippen LogP contribution is -2.61. The number of aliphatic imine (C=N–C) groups is 2. The maximum Gasteiger partial charge on any atom is 0.326 e. The van der Waals surface area contributed by atoms with Crippen LogP contribution in [-0.2, 0) is 62.3 Å². The summed E-state index contributed by atoms with van der Waals surface area (Å²) in [5, 5.41) is 75.5. The molecule has 34 nitrogen and oxygen atoms in total. The third-order valence-corrected chi connectivity index (χ3v) is 10.9. The van der Waals surface area contributed by atoms with Gasteiger partial charge >= 0.3 is 29.8 Å². The van der Waals surface area contributed by atoms with E-state index in [9.17, 15) is 93.0 Å². The molecule has 8 amide bonds. The molecule has 0 bridgehead atoms. The number of guanidine groups is 2. The Kier molecular flexibility index (Phi) is 32.7. The minimum atomic E-state index is -2.11. The summed E-state index contributed by atoms with van der Waals surface area (Å²) in [6.07, 6.45) is -5.87. The van der Waals surface area contributed by atoms with Gasteiger partial charge in [0.25, 0.3) is 0 Å². The van der Waals surface area contributed by atoms with Gasteiger partial charge in [0.2, 0.25) is 47.3 Å². The molecule has 0 saturated carbocycles. The maximum absolute atomic E-state index is 14.0. The fourth-order valence-corrected chi connectivity index (χ4v) is 7.07. The topological polar surface area (TPSA) is 594 Å². The first kappa shape index (κ1) is 70.6. The number of aliphatic carboxylic acids is 5. The van der Waals surface area contributed by atoms with Gasteiger partial charge in [0.15, 0.2) is 11.9 Å². The van der Waals surface area contributed by atoms with E-state index in [1.165, 1.54) is 0 Å². The lowest BCUT2D eigenvalue weighted by molar-refractivity contribution is -0.143. The number of hydrogen-bond acceptors (Lipinski definition) is 17. The molecule has 24 N–H and O–H groups in total. The van der Waals surface area contributed by atoms with Gasteiger partial charge < -0.3 is 102 Å². The number of hydrogen-bond donors (Lipinski definition) is 19. The van der Waals surface area contributed by atoms with Crippen molar-refractivity contribution in [1.82, 2.24) is 42.5 Å². The Balaban J connectivity index is 6.99. The summed E-state index contributed by atoms with van der Waals surface area (Å²) in [5.74, 6) is -18.5. The first-order valence-corrected chi connectivity index (χ1v) is 24.8. The zero-order valence-electron chi connectivity index (χ0n) is 44.2. The second-order valence-electron chi connectivity index (χ2n) is 18.8. The Morgan fingerprint density at radius 1 is 0.392 bits per heavy atom. The van der Waals surface area contributed by atoms with E-state index in [0.29, 0.717) is 0 Å². The number of carboxylic acids is 5. The number of carbonyl (C=O) groups is 13. The fraction of sp³-hybridized carbons (Fsp3) is 0.667. The van der Waals surface area contributed by atoms with Crippen molar-refractivity contribution < 1.29 is 93.0 Å². The molecule has 0 saturated heterocycles. The molecule has 0 aromatic rings. The molecule has 0 heterocycles. The van der Waals surface area contributed by atoms with E-state index in [-0.39, 0.29) is 62.5 Å². The van der Waals surface area contributed by atoms with Crippen LogP contribution in [0.4, 0.5) is 0 Å². The molecule has 0 aromatic carbocycles. The average Bonchev–Trinajstić information content (AvgIpc) is 3.32. The number of carboxylic acid groups (broad SMARTS) is 5. The number of nitrogens with zero attached hydrogens (tertiary/aromatic N) is 2. The van der Waals surface area contributed by atoms with Gasteiger partial charge in [0.05, 0.1) is 25.5 Å². The van der Waals surface area contributed by atoms with Crippen molar-refractivity contribution in [2.24, 2.45) is 50.5 Å². The third kappa shape index (κ3) is 30.8. The second kappa shape index (κ2) is 36.6. The van der Waals surface area contributed by atoms with Crippen LogP contribution in [0.1, 0.15) is 105 Å². The zero-order valence-corrected chi connectivity index (χ0v) is 44.2. The summed E-state index contributed by atoms with van der Waals surface area (Å²) in [4.78, 5) is 175. The Morgan fingerprint density at radius 2 is 0.684 bits per heavy atom. The van der Waals surface area contributed by atoms with E-state index < -0.39 is 189 Å². The summed E-state index contributed by atoms with van der Waals surface area (Å²) in [6, 6.07) is -15.7. The molecule has 0 rings (SSSR count). The van der Waals surface area contributed by atoms with Crippen molar-refractivity contribution >= 4 is 89.0 Å². The quantitative estimate of drug-likeness (QED) is 0.0154. The number of aliphatic hydroxyl groups is 1. The number of nitrogens with one attached hydrogen (secondary N) is 8. The molecule has 0 aromatic heterocycles. The Hall–Kier alpha value is -8.43. The summed E-state index contributed by atoms with van der Waals surface area (Å²) in [7, 11) is 0. The standard InChI is InChI=1S/C45H77N15O19/c1-20(2)15-22(46)35(70)53-25(9-11-31(62)63)38(73)58-28(18-34(68)69)41(76)54-23(7-5-13-51-44(47)48)36(71)57-27(17-33(66)67)40(75)55-24(8-6-14-52-45(49)50)37(72)60-30(19-61)42(77)56-26(10-12-32(64)65)39(74)59-29(43(78)79)16-21(3)4/h20-30,61H,5-19,46H2,1-4H3,(H,53,70)(H,54,76)(H,55,75)(H,56,77)(H,57,71)(H,58,73)(H,59,74)(H,60,72)(H,62,63)(H,64,65)(H,66,67)(H,68,69)(H,78,79)(H4,47,48,51)(H4,49,50,52)/t22-,23-,24-,25-,26-,27-,28-,29-,30-/m0/s1. The first-order valence-electron chi connectivity index (χ1n) is 24.8. The van der Waals surface area contributed by atoms with Crippen LogP contribution in [-0.4, -0.2) is 194 Å². The van der Waals surface area contributed by atoms with Gasteiger partial charge in [-0.1, -0.05) is 27.7 Å². The van der Waals surface area contributed by atoms with Crippen molar-refractivity contribution in [3.8, 4) is 0 Å². The summed E-state index contributed by atoms with van der Waals surface area (Å²) < 4.78 is 0. The van der Waals surface area contributed by atoms with Gasteiger partial charge in [0, 0.05) is 25.9 Å². The van der Waals surface area contributed by atoms with Crippen molar-refractivity contribution in [3.05, 3.63) is 0 Å². The summed E-state index contributed by atoms with van der Waals surface area (Å²) >= 11 is 0. The monoisotopic (exact) mass is 1130 g/mol. The number of rotatable bonds is 40. The molecule has 9 atom stereocenters. The second-order valence-corrected chi connectivity index (χ2v) is 18.8. The van der Waals surface area contributed by atoms with Crippen LogP contribution in [0.15, 0.2) is 9.98 Å². The average molecular weight is 1130 g/mol. The number of nitrogens with two attached hydrogens (primary N) is 5. The van der Waals surface area contributed by atoms with Crippen LogP contribution in [0.25, 0.3) is 0 Å². The van der Waals surface area contributed by atoms with Crippen LogP contribution < -0.4 is 71.2 Å². The number of carbonyl (C=O) groups excluding carboxylic acids is 8. The van der Waals surface area contributed by atoms with E-state index >= 15 is 0 Å². The van der Waals surface area contributed by atoms with Gasteiger partial charge in [-0.05, 0) is 63.2 Å². The maximum atomic E-state index is 14.0. The van der Waals surface area contributed by atoms with Crippen molar-refractivity contribution in [2.45, 2.75) is 159 Å². The molecule has 0 radical (unpaired) electrons. The van der Waals surface area contributed by atoms with Crippen LogP contribution >= 0.6 is 0 Å². The minimum Gasteiger partial charge on any atom is -0.481 e. The molecule has 446 valence electrons. The lowest BCUT2D eigenvalue weighted by Gasteiger charge is -2.27. The Morgan fingerprint density at radius 3 is 0.987 bits per heavy atom. The van der Waals surface area contributed by atoms with Crippen LogP contribution in [0.3, 0.4) is 0 Å². The zero-order chi connectivity index (χ0) is 60.7. The fourth-order valence-electron chi connectivity index (χ4n) is 7.07. The molecule has 0 aliphatic rings. The summed E-state index contributed by atoms with van der Waals surface area (Å²) in [5.41, 5.74) is 27.5. The van der Waals surface area contributed by atoms with Crippen LogP contribution in [0.5, 0.6) is 0 Å². The predicted octanol–water partition coefficient (Wildman–Crippen LogP) is -6.85. The van der Waals surface area contributed by atoms with Crippen LogP contribution in [0, 0.1) is 11.8 Å². The third-order valence-electron chi connectivity index (χ3n) is 10.9. The highest BCUT2D eigenvalue weighted by molar-refractivity contribution is 5.99. The molecule has 0 aliphatic heterocycles. The number of aliphatic hydroxyl groups excluding tert-OH is 1. The van der Waals surface area contributed by atoms with E-state index in [4.69, 9.17) is 28.7 Å². The Bertz CT molecular complexity index is 2200. The van der Waals surface area contributed by atoms with Gasteiger partial charge in [-0.2, -0.15) is 0 Å². The SMILES string of the molecule is CC(C)C[C@H](NC(=O)[C@H](CCC(=O)O)NC(=O)[C@H](CO)NC(=O)[C@H](CCCN=C(N)N)NC(=O)[C@H](CC(=O)O)NC(=O)[C@H](CCCN=C(N)N)NC(=O)[C@H](CC(=O)O)NC(=O)[C@H](CCC(=O)O)NC(=O)[C@@H](N)CC(C)C)C(=O)O. The van der Waals surface area contributed by atoms with Gasteiger partial charge in [-0.25, -0.2) is 4.79 Å². The predicted molar refractivity (Wildman–Crippen MR) is 275 cm³/mol. The largest absolute Gasteiger partial charge is 0.481 e. The molecule has 0 spiro atoms. The molecular formula is C45H77N15O19. The van der Waals surface area contributed by atoms with Crippen molar-refractivity contribution in [2.75, 3.05) is 19.7 Å². The summed E-state index contributed by atoms with van der Waals surface area (Å²) in [6.45, 7) is 5.27. The highest BCUT2D eigenvalue weighted by Gasteiger charge is 2.36. The van der Waals surface area contributed by atoms with E-state index in [1.54, 1.807) is 27.7 Å². The van der Waals surface area contributed by atoms with Crippen molar-refractivity contribution in [1.29, 1.82) is 0 Å². The smallest absolute Gasteiger partial charge is 0.326 e. The van der Waals surface area contributed by atoms with Crippen LogP contribution in [0.2, 0.25) is 0 Å². The van der Waals surface area contributed by atoms with E-state index in [2.05, 4.69) is 52.5 Å². The molecule has 79 heavy (non-hydrogen) atoms. The minimum absolute atomic E-state index is 0.0587. The molecule has 0 aliphatic carbocycles.